The van der Waals surface area contributed by atoms with Gasteiger partial charge in [-0.3, -0.25) is 4.90 Å². The molecule has 0 aliphatic heterocycles. The number of nitrogens with two attached hydrogens (primary N) is 1. The maximum atomic E-state index is 5.70. The number of thiophene rings is 1. The van der Waals surface area contributed by atoms with Crippen LogP contribution in [0.3, 0.4) is 0 Å². The minimum atomic E-state index is 0.632. The molecule has 1 heterocycles. The number of methoxy groups -OCH3 is 2. The Morgan fingerprint density at radius 2 is 1.95 bits per heavy atom. The van der Waals surface area contributed by atoms with Gasteiger partial charge in [-0.05, 0) is 25.0 Å². The second kappa shape index (κ2) is 9.44. The highest BCUT2D eigenvalue weighted by Gasteiger charge is 2.10. The Hall–Kier alpha value is -0.460. The van der Waals surface area contributed by atoms with E-state index < -0.39 is 0 Å². The molecule has 0 aromatic carbocycles. The van der Waals surface area contributed by atoms with Crippen molar-refractivity contribution in [3.05, 3.63) is 21.4 Å². The molecule has 0 radical (unpaired) electrons. The van der Waals surface area contributed by atoms with Gasteiger partial charge in [0.2, 0.25) is 0 Å². The average molecular weight is 286 g/mol. The number of rotatable bonds is 10. The number of ether oxygens (including phenoxy) is 2. The van der Waals surface area contributed by atoms with Crippen molar-refractivity contribution in [2.24, 2.45) is 5.73 Å². The molecule has 1 aromatic heterocycles. The van der Waals surface area contributed by atoms with Crippen LogP contribution < -0.4 is 5.73 Å². The minimum absolute atomic E-state index is 0.632. The van der Waals surface area contributed by atoms with E-state index in [0.717, 1.165) is 39.3 Å². The van der Waals surface area contributed by atoms with E-state index in [-0.39, 0.29) is 0 Å². The molecule has 0 saturated heterocycles. The van der Waals surface area contributed by atoms with E-state index in [9.17, 15) is 0 Å². The van der Waals surface area contributed by atoms with Crippen molar-refractivity contribution in [1.29, 1.82) is 0 Å². The SMILES string of the molecule is COCCCN(CCOC)Cc1cc(CN)sc1C. The zero-order chi connectivity index (χ0) is 14.1. The molecule has 0 amide bonds. The highest BCUT2D eigenvalue weighted by molar-refractivity contribution is 7.12. The second-order valence-corrected chi connectivity index (χ2v) is 5.95. The molecule has 110 valence electrons. The van der Waals surface area contributed by atoms with Gasteiger partial charge in [0, 0.05) is 56.8 Å². The summed E-state index contributed by atoms with van der Waals surface area (Å²) in [6, 6.07) is 2.23. The molecule has 19 heavy (non-hydrogen) atoms. The Morgan fingerprint density at radius 3 is 2.53 bits per heavy atom. The molecule has 1 rings (SSSR count). The fourth-order valence-corrected chi connectivity index (χ4v) is 2.94. The fourth-order valence-electron chi connectivity index (χ4n) is 2.01. The van der Waals surface area contributed by atoms with Gasteiger partial charge in [0.05, 0.1) is 6.61 Å². The highest BCUT2D eigenvalue weighted by atomic mass is 32.1. The van der Waals surface area contributed by atoms with Crippen molar-refractivity contribution in [1.82, 2.24) is 4.90 Å². The summed E-state index contributed by atoms with van der Waals surface area (Å²) in [5.74, 6) is 0. The van der Waals surface area contributed by atoms with E-state index in [4.69, 9.17) is 15.2 Å². The normalized spacial score (nSPS) is 11.4. The first kappa shape index (κ1) is 16.6. The van der Waals surface area contributed by atoms with Crippen LogP contribution in [0.5, 0.6) is 0 Å². The Balaban J connectivity index is 2.55. The molecule has 0 aliphatic rings. The summed E-state index contributed by atoms with van der Waals surface area (Å²) in [7, 11) is 3.49. The van der Waals surface area contributed by atoms with Crippen molar-refractivity contribution >= 4 is 11.3 Å². The predicted molar refractivity (Wildman–Crippen MR) is 80.6 cm³/mol. The summed E-state index contributed by atoms with van der Waals surface area (Å²) in [5.41, 5.74) is 7.09. The molecule has 2 N–H and O–H groups in total. The molecule has 0 saturated carbocycles. The monoisotopic (exact) mass is 286 g/mol. The van der Waals surface area contributed by atoms with Gasteiger partial charge in [0.1, 0.15) is 0 Å². The summed E-state index contributed by atoms with van der Waals surface area (Å²) in [5, 5.41) is 0. The van der Waals surface area contributed by atoms with Crippen LogP contribution in [0.15, 0.2) is 6.07 Å². The first-order valence-corrected chi connectivity index (χ1v) is 7.51. The Bertz CT molecular complexity index is 355. The van der Waals surface area contributed by atoms with E-state index in [2.05, 4.69) is 17.9 Å². The molecule has 4 nitrogen and oxygen atoms in total. The van der Waals surface area contributed by atoms with Crippen LogP contribution >= 0.6 is 11.3 Å². The van der Waals surface area contributed by atoms with E-state index in [1.807, 2.05) is 0 Å². The number of hydrogen-bond acceptors (Lipinski definition) is 5. The van der Waals surface area contributed by atoms with Crippen LogP contribution in [0.4, 0.5) is 0 Å². The molecule has 0 fully saturated rings. The molecular formula is C14H26N2O2S. The van der Waals surface area contributed by atoms with Gasteiger partial charge >= 0.3 is 0 Å². The van der Waals surface area contributed by atoms with Crippen molar-refractivity contribution in [2.45, 2.75) is 26.4 Å². The lowest BCUT2D eigenvalue weighted by molar-refractivity contribution is 0.129. The molecule has 0 aliphatic carbocycles. The van der Waals surface area contributed by atoms with Gasteiger partial charge in [0.25, 0.3) is 0 Å². The summed E-state index contributed by atoms with van der Waals surface area (Å²) in [6.07, 6.45) is 1.05. The van der Waals surface area contributed by atoms with Crippen LogP contribution in [0.1, 0.15) is 21.7 Å². The van der Waals surface area contributed by atoms with E-state index in [1.54, 1.807) is 25.6 Å². The standard InChI is InChI=1S/C14H26N2O2S/c1-12-13(9-14(10-15)19-12)11-16(6-8-18-3)5-4-7-17-2/h9H,4-8,10-11,15H2,1-3H3. The third-order valence-electron chi connectivity index (χ3n) is 3.10. The van der Waals surface area contributed by atoms with E-state index in [1.165, 1.54) is 15.3 Å². The molecule has 0 spiro atoms. The van der Waals surface area contributed by atoms with Gasteiger partial charge in [-0.2, -0.15) is 0 Å². The van der Waals surface area contributed by atoms with Crippen molar-refractivity contribution in [3.8, 4) is 0 Å². The summed E-state index contributed by atoms with van der Waals surface area (Å²) >= 11 is 1.80. The molecule has 0 unspecified atom stereocenters. The second-order valence-electron chi connectivity index (χ2n) is 4.61. The largest absolute Gasteiger partial charge is 0.385 e. The summed E-state index contributed by atoms with van der Waals surface area (Å²) in [4.78, 5) is 5.04. The molecule has 5 heteroatoms. The van der Waals surface area contributed by atoms with E-state index in [0.29, 0.717) is 6.54 Å². The van der Waals surface area contributed by atoms with Gasteiger partial charge in [-0.15, -0.1) is 11.3 Å². The molecule has 0 bridgehead atoms. The lowest BCUT2D eigenvalue weighted by atomic mass is 10.2. The van der Waals surface area contributed by atoms with Gasteiger partial charge in [-0.1, -0.05) is 0 Å². The molecule has 0 atom stereocenters. The van der Waals surface area contributed by atoms with Crippen LogP contribution in [0.25, 0.3) is 0 Å². The molecule has 1 aromatic rings. The van der Waals surface area contributed by atoms with Crippen molar-refractivity contribution < 1.29 is 9.47 Å². The maximum absolute atomic E-state index is 5.70. The van der Waals surface area contributed by atoms with Gasteiger partial charge in [-0.25, -0.2) is 0 Å². The number of hydrogen-bond donors (Lipinski definition) is 1. The van der Waals surface area contributed by atoms with Crippen LogP contribution in [-0.4, -0.2) is 45.4 Å². The lowest BCUT2D eigenvalue weighted by Crippen LogP contribution is -2.28. The fraction of sp³-hybridized carbons (Fsp3) is 0.714. The zero-order valence-electron chi connectivity index (χ0n) is 12.3. The quantitative estimate of drug-likeness (QED) is 0.668. The predicted octanol–water partition coefficient (Wildman–Crippen LogP) is 2.00. The topological polar surface area (TPSA) is 47.7 Å². The number of aryl methyl sites for hydroxylation is 1. The minimum Gasteiger partial charge on any atom is -0.385 e. The van der Waals surface area contributed by atoms with Gasteiger partial charge < -0.3 is 15.2 Å². The highest BCUT2D eigenvalue weighted by Crippen LogP contribution is 2.22. The van der Waals surface area contributed by atoms with Crippen molar-refractivity contribution in [2.75, 3.05) is 40.5 Å². The maximum Gasteiger partial charge on any atom is 0.0589 e. The van der Waals surface area contributed by atoms with Crippen LogP contribution in [0.2, 0.25) is 0 Å². The smallest absolute Gasteiger partial charge is 0.0589 e. The first-order chi connectivity index (χ1) is 9.21. The third kappa shape index (κ3) is 6.01. The average Bonchev–Trinajstić information content (AvgIpc) is 2.76. The zero-order valence-corrected chi connectivity index (χ0v) is 13.1. The first-order valence-electron chi connectivity index (χ1n) is 6.69. The Labute approximate surface area is 120 Å². The van der Waals surface area contributed by atoms with Crippen LogP contribution in [-0.2, 0) is 22.6 Å². The Morgan fingerprint density at radius 1 is 1.21 bits per heavy atom. The van der Waals surface area contributed by atoms with Gasteiger partial charge in [0.15, 0.2) is 0 Å². The lowest BCUT2D eigenvalue weighted by Gasteiger charge is -2.21. The third-order valence-corrected chi connectivity index (χ3v) is 4.22. The summed E-state index contributed by atoms with van der Waals surface area (Å²) < 4.78 is 10.3. The molecular weight excluding hydrogens is 260 g/mol. The van der Waals surface area contributed by atoms with E-state index >= 15 is 0 Å². The van der Waals surface area contributed by atoms with Crippen molar-refractivity contribution in [3.63, 3.8) is 0 Å². The number of nitrogens with zero attached hydrogens (tertiary/aromatic N) is 1. The summed E-state index contributed by atoms with van der Waals surface area (Å²) in [6.45, 7) is 7.32. The Kier molecular flexibility index (Phi) is 8.25. The van der Waals surface area contributed by atoms with Crippen LogP contribution in [0, 0.1) is 6.92 Å².